The van der Waals surface area contributed by atoms with E-state index in [0.717, 1.165) is 32.0 Å². The molecule has 1 heterocycles. The second-order valence-corrected chi connectivity index (χ2v) is 4.73. The van der Waals surface area contributed by atoms with Crippen LogP contribution in [0, 0.1) is 11.6 Å². The third-order valence-corrected chi connectivity index (χ3v) is 3.17. The van der Waals surface area contributed by atoms with E-state index in [0.29, 0.717) is 0 Å². The van der Waals surface area contributed by atoms with Crippen molar-refractivity contribution >= 4 is 0 Å². The van der Waals surface area contributed by atoms with Crippen LogP contribution in [0.1, 0.15) is 25.3 Å². The van der Waals surface area contributed by atoms with Crippen LogP contribution in [0.5, 0.6) is 0 Å². The van der Waals surface area contributed by atoms with Gasteiger partial charge in [-0.05, 0) is 32.4 Å². The standard InChI is InChI=1S/C13H17F2NO/c1-13(6-3-7-16-9-13)17-8-10-4-2-5-11(14)12(10)15/h2,4-5,16H,3,6-9H2,1H3. The predicted octanol–water partition coefficient (Wildman–Crippen LogP) is 2.62. The van der Waals surface area contributed by atoms with E-state index in [-0.39, 0.29) is 17.8 Å². The maximum atomic E-state index is 13.4. The van der Waals surface area contributed by atoms with Gasteiger partial charge >= 0.3 is 0 Å². The number of hydrogen-bond acceptors (Lipinski definition) is 2. The number of ether oxygens (including phenoxy) is 1. The topological polar surface area (TPSA) is 21.3 Å². The van der Waals surface area contributed by atoms with Gasteiger partial charge in [0.15, 0.2) is 11.6 Å². The van der Waals surface area contributed by atoms with Gasteiger partial charge in [0.1, 0.15) is 0 Å². The average molecular weight is 241 g/mol. The third kappa shape index (κ3) is 3.01. The minimum Gasteiger partial charge on any atom is -0.369 e. The normalized spacial score (nSPS) is 24.9. The SMILES string of the molecule is CC1(OCc2cccc(F)c2F)CCCNC1. The van der Waals surface area contributed by atoms with Crippen molar-refractivity contribution < 1.29 is 13.5 Å². The highest BCUT2D eigenvalue weighted by Crippen LogP contribution is 2.22. The molecular formula is C13H17F2NO. The van der Waals surface area contributed by atoms with Crippen LogP contribution in [0.3, 0.4) is 0 Å². The summed E-state index contributed by atoms with van der Waals surface area (Å²) >= 11 is 0. The molecule has 1 aromatic rings. The Morgan fingerprint density at radius 1 is 1.41 bits per heavy atom. The second kappa shape index (κ2) is 5.10. The van der Waals surface area contributed by atoms with Gasteiger partial charge in [-0.3, -0.25) is 0 Å². The Bertz CT molecular complexity index is 389. The number of halogens is 2. The van der Waals surface area contributed by atoms with Crippen molar-refractivity contribution in [2.45, 2.75) is 32.0 Å². The molecule has 2 nitrogen and oxygen atoms in total. The molecule has 94 valence electrons. The maximum Gasteiger partial charge on any atom is 0.164 e. The fraction of sp³-hybridized carbons (Fsp3) is 0.538. The zero-order valence-corrected chi connectivity index (χ0v) is 9.93. The fourth-order valence-corrected chi connectivity index (χ4v) is 2.06. The molecule has 1 aliphatic heterocycles. The van der Waals surface area contributed by atoms with Crippen LogP contribution >= 0.6 is 0 Å². The third-order valence-electron chi connectivity index (χ3n) is 3.17. The van der Waals surface area contributed by atoms with Gasteiger partial charge in [-0.25, -0.2) is 8.78 Å². The summed E-state index contributed by atoms with van der Waals surface area (Å²) in [5.74, 6) is -1.63. The lowest BCUT2D eigenvalue weighted by Crippen LogP contribution is -2.45. The van der Waals surface area contributed by atoms with Crippen LogP contribution in [0.15, 0.2) is 18.2 Å². The number of piperidine rings is 1. The highest BCUT2D eigenvalue weighted by atomic mass is 19.2. The average Bonchev–Trinajstić information content (AvgIpc) is 2.32. The zero-order chi connectivity index (χ0) is 12.3. The minimum atomic E-state index is -0.821. The summed E-state index contributed by atoms with van der Waals surface area (Å²) in [4.78, 5) is 0. The lowest BCUT2D eigenvalue weighted by atomic mass is 9.96. The van der Waals surface area contributed by atoms with Gasteiger partial charge in [0.05, 0.1) is 12.2 Å². The Morgan fingerprint density at radius 3 is 2.94 bits per heavy atom. The van der Waals surface area contributed by atoms with Crippen LogP contribution in [-0.2, 0) is 11.3 Å². The Labute approximate surface area is 100.0 Å². The maximum absolute atomic E-state index is 13.4. The molecule has 1 unspecified atom stereocenters. The predicted molar refractivity (Wildman–Crippen MR) is 61.7 cm³/mol. The molecule has 2 rings (SSSR count). The molecule has 1 saturated heterocycles. The Balaban J connectivity index is 1.99. The van der Waals surface area contributed by atoms with Crippen molar-refractivity contribution in [1.29, 1.82) is 0 Å². The van der Waals surface area contributed by atoms with Crippen LogP contribution < -0.4 is 5.32 Å². The lowest BCUT2D eigenvalue weighted by molar-refractivity contribution is -0.0581. The first kappa shape index (κ1) is 12.5. The number of hydrogen-bond donors (Lipinski definition) is 1. The quantitative estimate of drug-likeness (QED) is 0.878. The molecule has 4 heteroatoms. The van der Waals surface area contributed by atoms with Gasteiger partial charge in [0, 0.05) is 12.1 Å². The van der Waals surface area contributed by atoms with Gasteiger partial charge in [-0.15, -0.1) is 0 Å². The Kier molecular flexibility index (Phi) is 3.74. The minimum absolute atomic E-state index is 0.113. The van der Waals surface area contributed by atoms with E-state index >= 15 is 0 Å². The smallest absolute Gasteiger partial charge is 0.164 e. The number of rotatable bonds is 3. The van der Waals surface area contributed by atoms with E-state index in [9.17, 15) is 8.78 Å². The molecule has 17 heavy (non-hydrogen) atoms. The summed E-state index contributed by atoms with van der Waals surface area (Å²) in [6.07, 6.45) is 1.99. The van der Waals surface area contributed by atoms with Gasteiger partial charge in [-0.1, -0.05) is 12.1 Å². The van der Waals surface area contributed by atoms with Gasteiger partial charge < -0.3 is 10.1 Å². The van der Waals surface area contributed by atoms with Gasteiger partial charge in [0.2, 0.25) is 0 Å². The lowest BCUT2D eigenvalue weighted by Gasteiger charge is -2.34. The molecule has 1 fully saturated rings. The zero-order valence-electron chi connectivity index (χ0n) is 9.93. The van der Waals surface area contributed by atoms with E-state index in [4.69, 9.17) is 4.74 Å². The molecule has 0 radical (unpaired) electrons. The Hall–Kier alpha value is -1.00. The van der Waals surface area contributed by atoms with Crippen LogP contribution in [0.25, 0.3) is 0 Å². The molecular weight excluding hydrogens is 224 g/mol. The highest BCUT2D eigenvalue weighted by Gasteiger charge is 2.27. The molecule has 0 aromatic heterocycles. The van der Waals surface area contributed by atoms with Crippen LogP contribution in [-0.4, -0.2) is 18.7 Å². The summed E-state index contributed by atoms with van der Waals surface area (Å²) in [6, 6.07) is 4.17. The summed E-state index contributed by atoms with van der Waals surface area (Å²) < 4.78 is 32.1. The first-order valence-corrected chi connectivity index (χ1v) is 5.88. The molecule has 1 aliphatic rings. The first-order chi connectivity index (χ1) is 8.11. The molecule has 1 aromatic carbocycles. The van der Waals surface area contributed by atoms with E-state index in [1.165, 1.54) is 6.07 Å². The van der Waals surface area contributed by atoms with Crippen molar-refractivity contribution in [3.05, 3.63) is 35.4 Å². The molecule has 0 aliphatic carbocycles. The van der Waals surface area contributed by atoms with E-state index in [1.807, 2.05) is 6.92 Å². The Morgan fingerprint density at radius 2 is 2.24 bits per heavy atom. The van der Waals surface area contributed by atoms with E-state index in [2.05, 4.69) is 5.32 Å². The molecule has 0 saturated carbocycles. The van der Waals surface area contributed by atoms with Gasteiger partial charge in [-0.2, -0.15) is 0 Å². The largest absolute Gasteiger partial charge is 0.369 e. The molecule has 0 bridgehead atoms. The summed E-state index contributed by atoms with van der Waals surface area (Å²) in [6.45, 7) is 3.86. The number of benzene rings is 1. The van der Waals surface area contributed by atoms with Crippen molar-refractivity contribution in [3.8, 4) is 0 Å². The summed E-state index contributed by atoms with van der Waals surface area (Å²) in [5.41, 5.74) is -0.00593. The number of nitrogens with one attached hydrogen (secondary N) is 1. The van der Waals surface area contributed by atoms with Crippen molar-refractivity contribution in [2.75, 3.05) is 13.1 Å². The van der Waals surface area contributed by atoms with Crippen molar-refractivity contribution in [3.63, 3.8) is 0 Å². The van der Waals surface area contributed by atoms with Crippen LogP contribution in [0.2, 0.25) is 0 Å². The van der Waals surface area contributed by atoms with Gasteiger partial charge in [0.25, 0.3) is 0 Å². The fourth-order valence-electron chi connectivity index (χ4n) is 2.06. The van der Waals surface area contributed by atoms with Crippen molar-refractivity contribution in [1.82, 2.24) is 5.32 Å². The summed E-state index contributed by atoms with van der Waals surface area (Å²) in [5, 5.41) is 3.24. The van der Waals surface area contributed by atoms with Crippen molar-refractivity contribution in [2.24, 2.45) is 0 Å². The molecule has 0 spiro atoms. The van der Waals surface area contributed by atoms with E-state index in [1.54, 1.807) is 6.07 Å². The monoisotopic (exact) mass is 241 g/mol. The van der Waals surface area contributed by atoms with Crippen LogP contribution in [0.4, 0.5) is 8.78 Å². The first-order valence-electron chi connectivity index (χ1n) is 5.88. The molecule has 1 N–H and O–H groups in total. The molecule has 0 amide bonds. The second-order valence-electron chi connectivity index (χ2n) is 4.73. The molecule has 1 atom stereocenters. The summed E-state index contributed by atoms with van der Waals surface area (Å²) in [7, 11) is 0. The highest BCUT2D eigenvalue weighted by molar-refractivity contribution is 5.18. The van der Waals surface area contributed by atoms with E-state index < -0.39 is 11.6 Å².